The zero-order valence-electron chi connectivity index (χ0n) is 10.5. The predicted molar refractivity (Wildman–Crippen MR) is 66.6 cm³/mol. The molecular weight excluding hydrogens is 230 g/mol. The van der Waals surface area contributed by atoms with Gasteiger partial charge in [0.15, 0.2) is 0 Å². The normalized spacial score (nSPS) is 11.8. The molecule has 1 N–H and O–H groups in total. The summed E-state index contributed by atoms with van der Waals surface area (Å²) in [5, 5.41) is 13.0. The predicted octanol–water partition coefficient (Wildman–Crippen LogP) is 0.654. The summed E-state index contributed by atoms with van der Waals surface area (Å²) in [6, 6.07) is 10.1. The summed E-state index contributed by atoms with van der Waals surface area (Å²) in [6.07, 6.45) is 1.49. The molecule has 0 fully saturated rings. The number of carbonyl (C=O) groups is 2. The lowest BCUT2D eigenvalue weighted by Gasteiger charge is -2.14. The van der Waals surface area contributed by atoms with Crippen molar-refractivity contribution in [3.05, 3.63) is 35.9 Å². The van der Waals surface area contributed by atoms with Crippen molar-refractivity contribution < 1.29 is 14.7 Å². The summed E-state index contributed by atoms with van der Waals surface area (Å²) in [4.78, 5) is 21.6. The zero-order chi connectivity index (χ0) is 13.4. The van der Waals surface area contributed by atoms with Crippen molar-refractivity contribution in [1.82, 2.24) is 5.32 Å². The van der Waals surface area contributed by atoms with Crippen LogP contribution in [0.3, 0.4) is 0 Å². The maximum absolute atomic E-state index is 11.4. The number of hydrogen-bond acceptors (Lipinski definition) is 3. The molecule has 4 heteroatoms. The van der Waals surface area contributed by atoms with Gasteiger partial charge in [-0.25, -0.2) is 0 Å². The maximum Gasteiger partial charge on any atom is 0.220 e. The van der Waals surface area contributed by atoms with Gasteiger partial charge in [-0.3, -0.25) is 4.79 Å². The van der Waals surface area contributed by atoms with Crippen molar-refractivity contribution in [3.63, 3.8) is 0 Å². The van der Waals surface area contributed by atoms with Crippen LogP contribution in [0.4, 0.5) is 0 Å². The molecule has 0 saturated heterocycles. The van der Waals surface area contributed by atoms with E-state index in [1.165, 1.54) is 5.56 Å². The summed E-state index contributed by atoms with van der Waals surface area (Å²) in [7, 11) is 0. The number of carbonyl (C=O) groups excluding carboxylic acids is 2. The van der Waals surface area contributed by atoms with Gasteiger partial charge in [-0.15, -0.1) is 0 Å². The quantitative estimate of drug-likeness (QED) is 0.770. The summed E-state index contributed by atoms with van der Waals surface area (Å²) in [6.45, 7) is 1.92. The molecule has 0 aliphatic rings. The van der Waals surface area contributed by atoms with Crippen molar-refractivity contribution in [1.29, 1.82) is 0 Å². The number of benzene rings is 1. The summed E-state index contributed by atoms with van der Waals surface area (Å²) >= 11 is 0. The molecule has 0 spiro atoms. The molecule has 1 amide bonds. The smallest absolute Gasteiger partial charge is 0.220 e. The largest absolute Gasteiger partial charge is 0.550 e. The van der Waals surface area contributed by atoms with Gasteiger partial charge in [-0.1, -0.05) is 30.3 Å². The van der Waals surface area contributed by atoms with E-state index in [1.807, 2.05) is 37.3 Å². The Hall–Kier alpha value is -1.84. The van der Waals surface area contributed by atoms with Crippen LogP contribution in [0.5, 0.6) is 0 Å². The molecule has 18 heavy (non-hydrogen) atoms. The van der Waals surface area contributed by atoms with Gasteiger partial charge in [0.2, 0.25) is 5.91 Å². The van der Waals surface area contributed by atoms with Crippen LogP contribution >= 0.6 is 0 Å². The van der Waals surface area contributed by atoms with Crippen molar-refractivity contribution in [2.24, 2.45) is 0 Å². The fraction of sp³-hybridized carbons (Fsp3) is 0.429. The first-order valence-corrected chi connectivity index (χ1v) is 6.11. The van der Waals surface area contributed by atoms with Gasteiger partial charge in [0.1, 0.15) is 0 Å². The zero-order valence-corrected chi connectivity index (χ0v) is 10.5. The van der Waals surface area contributed by atoms with Gasteiger partial charge >= 0.3 is 0 Å². The Labute approximate surface area is 107 Å². The van der Waals surface area contributed by atoms with Crippen LogP contribution in [0.2, 0.25) is 0 Å². The van der Waals surface area contributed by atoms with Gasteiger partial charge in [0.25, 0.3) is 0 Å². The van der Waals surface area contributed by atoms with Crippen LogP contribution in [-0.4, -0.2) is 17.9 Å². The van der Waals surface area contributed by atoms with Crippen LogP contribution in [0.15, 0.2) is 30.3 Å². The monoisotopic (exact) mass is 248 g/mol. The molecule has 4 nitrogen and oxygen atoms in total. The number of carboxylic acids is 1. The highest BCUT2D eigenvalue weighted by Crippen LogP contribution is 2.05. The Morgan fingerprint density at radius 1 is 1.22 bits per heavy atom. The number of amides is 1. The first-order valence-electron chi connectivity index (χ1n) is 6.11. The van der Waals surface area contributed by atoms with Crippen LogP contribution in [0, 0.1) is 0 Å². The summed E-state index contributed by atoms with van der Waals surface area (Å²) < 4.78 is 0. The molecule has 0 heterocycles. The molecule has 1 atom stereocenters. The molecule has 0 radical (unpaired) electrons. The minimum absolute atomic E-state index is 0.0159. The molecule has 0 aromatic heterocycles. The Morgan fingerprint density at radius 2 is 1.89 bits per heavy atom. The molecule has 0 unspecified atom stereocenters. The van der Waals surface area contributed by atoms with Crippen LogP contribution in [0.25, 0.3) is 0 Å². The van der Waals surface area contributed by atoms with Crippen molar-refractivity contribution in [2.75, 3.05) is 0 Å². The lowest BCUT2D eigenvalue weighted by molar-refractivity contribution is -0.305. The molecule has 1 rings (SSSR count). The minimum Gasteiger partial charge on any atom is -0.550 e. The highest BCUT2D eigenvalue weighted by molar-refractivity contribution is 5.80. The highest BCUT2D eigenvalue weighted by Gasteiger charge is 2.07. The van der Waals surface area contributed by atoms with Crippen LogP contribution in [0.1, 0.15) is 31.7 Å². The van der Waals surface area contributed by atoms with Crippen LogP contribution < -0.4 is 10.4 Å². The molecular formula is C14H18NO3-. The van der Waals surface area contributed by atoms with E-state index in [0.717, 1.165) is 12.8 Å². The van der Waals surface area contributed by atoms with E-state index in [0.29, 0.717) is 0 Å². The minimum atomic E-state index is -1.19. The Bertz CT molecular complexity index is 389. The molecule has 0 bridgehead atoms. The molecule has 0 aliphatic heterocycles. The van der Waals surface area contributed by atoms with Gasteiger partial charge in [0, 0.05) is 18.4 Å². The number of nitrogens with one attached hydrogen (secondary N) is 1. The second-order valence-corrected chi connectivity index (χ2v) is 4.36. The van der Waals surface area contributed by atoms with E-state index in [1.54, 1.807) is 0 Å². The second kappa shape index (κ2) is 7.48. The van der Waals surface area contributed by atoms with Crippen LogP contribution in [-0.2, 0) is 16.0 Å². The van der Waals surface area contributed by atoms with E-state index in [4.69, 9.17) is 0 Å². The third-order valence-corrected chi connectivity index (χ3v) is 2.67. The highest BCUT2D eigenvalue weighted by atomic mass is 16.4. The standard InChI is InChI=1S/C14H19NO3/c1-11(15-13(16)9-10-14(17)18)7-8-12-5-3-2-4-6-12/h2-6,11H,7-10H2,1H3,(H,15,16)(H,17,18)/p-1/t11-/m0/s1. The van der Waals surface area contributed by atoms with E-state index >= 15 is 0 Å². The summed E-state index contributed by atoms with van der Waals surface area (Å²) in [5.41, 5.74) is 1.23. The summed E-state index contributed by atoms with van der Waals surface area (Å²) in [5.74, 6) is -1.43. The fourth-order valence-electron chi connectivity index (χ4n) is 1.66. The number of aryl methyl sites for hydroxylation is 1. The van der Waals surface area contributed by atoms with Crippen molar-refractivity contribution >= 4 is 11.9 Å². The third-order valence-electron chi connectivity index (χ3n) is 2.67. The Balaban J connectivity index is 2.23. The fourth-order valence-corrected chi connectivity index (χ4v) is 1.66. The van der Waals surface area contributed by atoms with Gasteiger partial charge in [0.05, 0.1) is 0 Å². The number of aliphatic carboxylic acids is 1. The lowest BCUT2D eigenvalue weighted by atomic mass is 10.1. The molecule has 0 aliphatic carbocycles. The van der Waals surface area contributed by atoms with Crippen molar-refractivity contribution in [3.8, 4) is 0 Å². The Morgan fingerprint density at radius 3 is 2.50 bits per heavy atom. The van der Waals surface area contributed by atoms with E-state index in [2.05, 4.69) is 5.32 Å². The lowest BCUT2D eigenvalue weighted by Crippen LogP contribution is -2.34. The van der Waals surface area contributed by atoms with Gasteiger partial charge in [-0.05, 0) is 31.7 Å². The van der Waals surface area contributed by atoms with E-state index in [-0.39, 0.29) is 24.8 Å². The topological polar surface area (TPSA) is 69.2 Å². The SMILES string of the molecule is C[C@@H](CCc1ccccc1)NC(=O)CCC(=O)[O-]. The average molecular weight is 248 g/mol. The molecule has 1 aromatic carbocycles. The van der Waals surface area contributed by atoms with Gasteiger partial charge in [-0.2, -0.15) is 0 Å². The second-order valence-electron chi connectivity index (χ2n) is 4.36. The molecule has 1 aromatic rings. The molecule has 98 valence electrons. The number of rotatable bonds is 7. The van der Waals surface area contributed by atoms with E-state index < -0.39 is 5.97 Å². The first-order chi connectivity index (χ1) is 8.58. The van der Waals surface area contributed by atoms with E-state index in [9.17, 15) is 14.7 Å². The first kappa shape index (κ1) is 14.2. The number of carboxylic acid groups (broad SMARTS) is 1. The third kappa shape index (κ3) is 6.03. The number of hydrogen-bond donors (Lipinski definition) is 1. The Kier molecular flexibility index (Phi) is 5.91. The van der Waals surface area contributed by atoms with Crippen molar-refractivity contribution in [2.45, 2.75) is 38.6 Å². The van der Waals surface area contributed by atoms with Gasteiger partial charge < -0.3 is 15.2 Å². The molecule has 0 saturated carbocycles. The maximum atomic E-state index is 11.4. The average Bonchev–Trinajstić information content (AvgIpc) is 2.35.